The van der Waals surface area contributed by atoms with E-state index < -0.39 is 5.97 Å². The van der Waals surface area contributed by atoms with Crippen LogP contribution in [-0.2, 0) is 0 Å². The van der Waals surface area contributed by atoms with Crippen molar-refractivity contribution in [2.75, 3.05) is 5.32 Å². The second kappa shape index (κ2) is 4.33. The van der Waals surface area contributed by atoms with E-state index in [1.165, 1.54) is 0 Å². The molecule has 0 bridgehead atoms. The summed E-state index contributed by atoms with van der Waals surface area (Å²) < 4.78 is 0. The lowest BCUT2D eigenvalue weighted by molar-refractivity contribution is 0.0696. The molecule has 0 spiro atoms. The Balaban J connectivity index is 2.27. The number of carboxylic acid groups (broad SMARTS) is 1. The number of hydrogen-bond donors (Lipinski definition) is 3. The number of aliphatic hydroxyl groups is 1. The lowest BCUT2D eigenvalue weighted by Gasteiger charge is -2.33. The van der Waals surface area contributed by atoms with E-state index in [1.807, 2.05) is 6.92 Å². The number of aryl methyl sites for hydroxylation is 2. The number of carboxylic acids is 1. The molecule has 1 aliphatic rings. The van der Waals surface area contributed by atoms with Crippen LogP contribution < -0.4 is 5.32 Å². The van der Waals surface area contributed by atoms with Crippen molar-refractivity contribution < 1.29 is 15.0 Å². The summed E-state index contributed by atoms with van der Waals surface area (Å²) in [6, 6.07) is 1.89. The number of nitrogens with one attached hydrogen (secondary N) is 1. The van der Waals surface area contributed by atoms with Crippen LogP contribution in [0.2, 0.25) is 0 Å². The van der Waals surface area contributed by atoms with E-state index in [4.69, 9.17) is 5.11 Å². The molecule has 1 aromatic heterocycles. The second-order valence-corrected chi connectivity index (χ2v) is 4.54. The van der Waals surface area contributed by atoms with Gasteiger partial charge in [-0.1, -0.05) is 0 Å². The van der Waals surface area contributed by atoms with Crippen LogP contribution in [0.1, 0.15) is 34.6 Å². The van der Waals surface area contributed by atoms with Gasteiger partial charge in [0.2, 0.25) is 0 Å². The highest BCUT2D eigenvalue weighted by Crippen LogP contribution is 2.27. The summed E-state index contributed by atoms with van der Waals surface area (Å²) >= 11 is 0. The number of hydrogen-bond acceptors (Lipinski definition) is 4. The Hall–Kier alpha value is -1.62. The van der Waals surface area contributed by atoms with E-state index in [2.05, 4.69) is 10.3 Å². The van der Waals surface area contributed by atoms with Crippen molar-refractivity contribution in [2.24, 2.45) is 0 Å². The molecule has 1 aromatic rings. The molecular formula is C12H16N2O3. The van der Waals surface area contributed by atoms with Gasteiger partial charge < -0.3 is 15.5 Å². The van der Waals surface area contributed by atoms with Gasteiger partial charge in [-0.05, 0) is 32.8 Å². The third-order valence-electron chi connectivity index (χ3n) is 3.02. The average Bonchev–Trinajstić information content (AvgIpc) is 2.13. The number of aromatic carboxylic acids is 1. The molecule has 0 saturated heterocycles. The van der Waals surface area contributed by atoms with Crippen molar-refractivity contribution in [3.63, 3.8) is 0 Å². The Morgan fingerprint density at radius 2 is 2.12 bits per heavy atom. The first-order chi connectivity index (χ1) is 7.97. The average molecular weight is 236 g/mol. The van der Waals surface area contributed by atoms with Crippen molar-refractivity contribution in [2.45, 2.75) is 38.8 Å². The summed E-state index contributed by atoms with van der Waals surface area (Å²) in [5.74, 6) is -0.975. The topological polar surface area (TPSA) is 82.5 Å². The fourth-order valence-corrected chi connectivity index (χ4v) is 2.14. The predicted molar refractivity (Wildman–Crippen MR) is 63.3 cm³/mol. The molecule has 0 atom stereocenters. The minimum atomic E-state index is -0.975. The van der Waals surface area contributed by atoms with Crippen LogP contribution in [0.15, 0.2) is 6.07 Å². The Bertz CT molecular complexity index is 453. The first-order valence-electron chi connectivity index (χ1n) is 5.63. The first kappa shape index (κ1) is 11.9. The van der Waals surface area contributed by atoms with Gasteiger partial charge >= 0.3 is 5.97 Å². The highest BCUT2D eigenvalue weighted by molar-refractivity contribution is 5.95. The minimum Gasteiger partial charge on any atom is -0.478 e. The van der Waals surface area contributed by atoms with E-state index in [0.717, 1.165) is 5.69 Å². The van der Waals surface area contributed by atoms with E-state index in [9.17, 15) is 9.90 Å². The van der Waals surface area contributed by atoms with Gasteiger partial charge in [-0.3, -0.25) is 4.98 Å². The van der Waals surface area contributed by atoms with Crippen molar-refractivity contribution in [3.05, 3.63) is 23.0 Å². The maximum atomic E-state index is 11.2. The molecule has 0 amide bonds. The molecule has 0 radical (unpaired) electrons. The molecule has 0 aromatic carbocycles. The van der Waals surface area contributed by atoms with E-state index in [1.54, 1.807) is 13.0 Å². The zero-order valence-corrected chi connectivity index (χ0v) is 9.90. The third kappa shape index (κ3) is 2.39. The number of aliphatic hydroxyl groups excluding tert-OH is 1. The molecule has 1 fully saturated rings. The number of anilines is 1. The molecule has 1 aliphatic carbocycles. The van der Waals surface area contributed by atoms with Crippen LogP contribution in [0.5, 0.6) is 0 Å². The van der Waals surface area contributed by atoms with Gasteiger partial charge in [0.1, 0.15) is 5.56 Å². The zero-order valence-electron chi connectivity index (χ0n) is 9.90. The van der Waals surface area contributed by atoms with Gasteiger partial charge in [0.25, 0.3) is 0 Å². The highest BCUT2D eigenvalue weighted by Gasteiger charge is 2.28. The van der Waals surface area contributed by atoms with E-state index >= 15 is 0 Å². The number of pyridine rings is 1. The number of carbonyl (C=O) groups is 1. The molecule has 3 N–H and O–H groups in total. The van der Waals surface area contributed by atoms with Crippen LogP contribution in [0.4, 0.5) is 5.69 Å². The Morgan fingerprint density at radius 1 is 1.47 bits per heavy atom. The Kier molecular flexibility index (Phi) is 3.02. The largest absolute Gasteiger partial charge is 0.478 e. The molecule has 5 heteroatoms. The van der Waals surface area contributed by atoms with Gasteiger partial charge in [0.05, 0.1) is 17.5 Å². The van der Waals surface area contributed by atoms with E-state index in [0.29, 0.717) is 24.2 Å². The molecule has 5 nitrogen and oxygen atoms in total. The zero-order chi connectivity index (χ0) is 12.6. The van der Waals surface area contributed by atoms with Crippen LogP contribution in [0, 0.1) is 13.8 Å². The summed E-state index contributed by atoms with van der Waals surface area (Å²) in [6.07, 6.45) is 1.07. The lowest BCUT2D eigenvalue weighted by Crippen LogP contribution is -2.39. The fraction of sp³-hybridized carbons (Fsp3) is 0.500. The molecule has 0 aliphatic heterocycles. The maximum absolute atomic E-state index is 11.2. The first-order valence-corrected chi connectivity index (χ1v) is 5.63. The molecular weight excluding hydrogens is 220 g/mol. The summed E-state index contributed by atoms with van der Waals surface area (Å²) in [5.41, 5.74) is 2.12. The Morgan fingerprint density at radius 3 is 2.65 bits per heavy atom. The lowest BCUT2D eigenvalue weighted by atomic mass is 9.89. The standard InChI is InChI=1S/C12H16N2O3/c1-6-3-10(14-8-4-9(15)5-8)11(12(16)17)7(2)13-6/h3,8-9,15H,4-5H2,1-2H3,(H,13,14)(H,16,17). The summed E-state index contributed by atoms with van der Waals surface area (Å²) in [6.45, 7) is 3.52. The van der Waals surface area contributed by atoms with Crippen LogP contribution in [0.25, 0.3) is 0 Å². The van der Waals surface area contributed by atoms with Gasteiger partial charge in [-0.2, -0.15) is 0 Å². The fourth-order valence-electron chi connectivity index (χ4n) is 2.14. The van der Waals surface area contributed by atoms with Crippen LogP contribution in [0.3, 0.4) is 0 Å². The minimum absolute atomic E-state index is 0.157. The summed E-state index contributed by atoms with van der Waals surface area (Å²) in [5, 5.41) is 21.5. The van der Waals surface area contributed by atoms with Gasteiger partial charge in [0, 0.05) is 11.7 Å². The van der Waals surface area contributed by atoms with Crippen molar-refractivity contribution in [1.29, 1.82) is 0 Å². The number of rotatable bonds is 3. The van der Waals surface area contributed by atoms with Gasteiger partial charge in [-0.15, -0.1) is 0 Å². The van der Waals surface area contributed by atoms with E-state index in [-0.39, 0.29) is 17.7 Å². The Labute approximate surface area is 99.5 Å². The van der Waals surface area contributed by atoms with Crippen LogP contribution >= 0.6 is 0 Å². The monoisotopic (exact) mass is 236 g/mol. The maximum Gasteiger partial charge on any atom is 0.339 e. The van der Waals surface area contributed by atoms with Crippen molar-refractivity contribution >= 4 is 11.7 Å². The second-order valence-electron chi connectivity index (χ2n) is 4.54. The molecule has 1 saturated carbocycles. The third-order valence-corrected chi connectivity index (χ3v) is 3.02. The normalized spacial score (nSPS) is 23.0. The molecule has 17 heavy (non-hydrogen) atoms. The van der Waals surface area contributed by atoms with Crippen molar-refractivity contribution in [3.8, 4) is 0 Å². The SMILES string of the molecule is Cc1cc(NC2CC(O)C2)c(C(=O)O)c(C)n1. The molecule has 92 valence electrons. The molecule has 0 unspecified atom stereocenters. The molecule has 2 rings (SSSR count). The van der Waals surface area contributed by atoms with Gasteiger partial charge in [0.15, 0.2) is 0 Å². The highest BCUT2D eigenvalue weighted by atomic mass is 16.4. The van der Waals surface area contributed by atoms with Gasteiger partial charge in [-0.25, -0.2) is 4.79 Å². The number of nitrogens with zero attached hydrogens (tertiary/aromatic N) is 1. The smallest absolute Gasteiger partial charge is 0.339 e. The molecule has 1 heterocycles. The van der Waals surface area contributed by atoms with Crippen molar-refractivity contribution in [1.82, 2.24) is 4.98 Å². The quantitative estimate of drug-likeness (QED) is 0.737. The summed E-state index contributed by atoms with van der Waals surface area (Å²) in [4.78, 5) is 15.3. The summed E-state index contributed by atoms with van der Waals surface area (Å²) in [7, 11) is 0. The predicted octanol–water partition coefficient (Wildman–Crippen LogP) is 1.33. The van der Waals surface area contributed by atoms with Crippen LogP contribution in [-0.4, -0.2) is 33.3 Å². The number of aromatic nitrogens is 1.